The fourth-order valence-corrected chi connectivity index (χ4v) is 3.49. The highest BCUT2D eigenvalue weighted by Gasteiger charge is 2.33. The Morgan fingerprint density at radius 3 is 2.83 bits per heavy atom. The van der Waals surface area contributed by atoms with Gasteiger partial charge in [-0.05, 0) is 28.9 Å². The van der Waals surface area contributed by atoms with Crippen LogP contribution in [0, 0.1) is 10.1 Å². The highest BCUT2D eigenvalue weighted by Crippen LogP contribution is 2.48. The lowest BCUT2D eigenvalue weighted by molar-refractivity contribution is -0.383. The van der Waals surface area contributed by atoms with Crippen LogP contribution >= 0.6 is 27.5 Å². The largest absolute Gasteiger partial charge is 0.488 e. The number of aromatic nitrogens is 1. The fraction of sp³-hybridized carbons (Fsp3) is 0.286. The van der Waals surface area contributed by atoms with Gasteiger partial charge >= 0.3 is 5.97 Å². The standard InChI is InChI=1S/C14H10BrClN2O6/c1-5-4-24-12-8(15)9(16)10(18(21)22)6-3-7(14(20)23-2)13(19)17(5)11(6)12/h3,5H,4H2,1-2H3/t5-/m0/s1. The van der Waals surface area contributed by atoms with Crippen molar-refractivity contribution in [3.05, 3.63) is 41.6 Å². The van der Waals surface area contributed by atoms with Crippen LogP contribution in [0.2, 0.25) is 5.02 Å². The number of pyridine rings is 1. The molecule has 3 rings (SSSR count). The minimum Gasteiger partial charge on any atom is -0.488 e. The van der Waals surface area contributed by atoms with E-state index in [1.165, 1.54) is 4.57 Å². The summed E-state index contributed by atoms with van der Waals surface area (Å²) in [5.41, 5.74) is -1.10. The van der Waals surface area contributed by atoms with Crippen LogP contribution in [0.15, 0.2) is 15.3 Å². The molecule has 0 saturated carbocycles. The third-order valence-corrected chi connectivity index (χ3v) is 5.15. The van der Waals surface area contributed by atoms with Gasteiger partial charge in [-0.1, -0.05) is 11.6 Å². The first-order valence-corrected chi connectivity index (χ1v) is 7.92. The van der Waals surface area contributed by atoms with E-state index in [0.29, 0.717) is 0 Å². The van der Waals surface area contributed by atoms with Crippen LogP contribution in [-0.2, 0) is 4.74 Å². The van der Waals surface area contributed by atoms with Crippen LogP contribution in [-0.4, -0.2) is 29.2 Å². The molecule has 1 aromatic heterocycles. The number of ether oxygens (including phenoxy) is 2. The predicted octanol–water partition coefficient (Wildman–Crippen LogP) is 3.07. The second-order valence-corrected chi connectivity index (χ2v) is 6.38. The number of hydrogen-bond acceptors (Lipinski definition) is 6. The molecule has 0 aliphatic carbocycles. The van der Waals surface area contributed by atoms with Gasteiger partial charge in [0.2, 0.25) is 0 Å². The number of nitro benzene ring substituents is 1. The first-order valence-electron chi connectivity index (χ1n) is 6.75. The van der Waals surface area contributed by atoms with Gasteiger partial charge in [-0.2, -0.15) is 0 Å². The topological polar surface area (TPSA) is 101 Å². The molecule has 0 radical (unpaired) electrons. The molecule has 0 fully saturated rings. The van der Waals surface area contributed by atoms with E-state index in [9.17, 15) is 19.7 Å². The van der Waals surface area contributed by atoms with Gasteiger partial charge in [0.05, 0.1) is 27.9 Å². The number of carbonyl (C=O) groups excluding carboxylic acids is 1. The summed E-state index contributed by atoms with van der Waals surface area (Å²) < 4.78 is 11.7. The van der Waals surface area contributed by atoms with Gasteiger partial charge in [0.25, 0.3) is 11.2 Å². The molecule has 1 aliphatic heterocycles. The zero-order valence-electron chi connectivity index (χ0n) is 12.5. The van der Waals surface area contributed by atoms with Gasteiger partial charge in [0.15, 0.2) is 5.75 Å². The Morgan fingerprint density at radius 1 is 1.58 bits per heavy atom. The van der Waals surface area contributed by atoms with Crippen molar-refractivity contribution in [1.29, 1.82) is 0 Å². The molecule has 1 atom stereocenters. The molecule has 24 heavy (non-hydrogen) atoms. The van der Waals surface area contributed by atoms with E-state index in [1.54, 1.807) is 6.92 Å². The number of benzene rings is 1. The molecule has 1 aromatic carbocycles. The molecule has 2 heterocycles. The summed E-state index contributed by atoms with van der Waals surface area (Å²) >= 11 is 9.28. The van der Waals surface area contributed by atoms with Gasteiger partial charge < -0.3 is 9.47 Å². The van der Waals surface area contributed by atoms with Crippen LogP contribution in [0.5, 0.6) is 5.75 Å². The van der Waals surface area contributed by atoms with Crippen molar-refractivity contribution in [3.63, 3.8) is 0 Å². The van der Waals surface area contributed by atoms with Crippen LogP contribution < -0.4 is 10.3 Å². The van der Waals surface area contributed by atoms with Gasteiger partial charge in [-0.3, -0.25) is 19.5 Å². The summed E-state index contributed by atoms with van der Waals surface area (Å²) in [5.74, 6) is -0.647. The van der Waals surface area contributed by atoms with E-state index in [-0.39, 0.29) is 38.3 Å². The van der Waals surface area contributed by atoms with Crippen molar-refractivity contribution < 1.29 is 19.2 Å². The van der Waals surface area contributed by atoms with Crippen LogP contribution in [0.25, 0.3) is 10.9 Å². The van der Waals surface area contributed by atoms with E-state index in [1.807, 2.05) is 0 Å². The minimum atomic E-state index is -0.876. The average Bonchev–Trinajstić information content (AvgIpc) is 2.54. The molecule has 1 aliphatic rings. The molecule has 10 heteroatoms. The number of esters is 1. The normalized spacial score (nSPS) is 15.9. The fourth-order valence-electron chi connectivity index (χ4n) is 2.74. The van der Waals surface area contributed by atoms with Gasteiger partial charge in [0.1, 0.15) is 22.7 Å². The Kier molecular flexibility index (Phi) is 4.00. The number of methoxy groups -OCH3 is 1. The molecule has 2 aromatic rings. The van der Waals surface area contributed by atoms with Gasteiger partial charge in [-0.25, -0.2) is 4.79 Å². The van der Waals surface area contributed by atoms with E-state index in [2.05, 4.69) is 20.7 Å². The lowest BCUT2D eigenvalue weighted by Crippen LogP contribution is -2.34. The Labute approximate surface area is 148 Å². The molecule has 0 N–H and O–H groups in total. The molecule has 0 saturated heterocycles. The van der Waals surface area contributed by atoms with Crippen LogP contribution in [0.1, 0.15) is 23.3 Å². The Morgan fingerprint density at radius 2 is 2.25 bits per heavy atom. The van der Waals surface area contributed by atoms with Gasteiger partial charge in [-0.15, -0.1) is 0 Å². The molecule has 0 amide bonds. The maximum absolute atomic E-state index is 12.7. The Balaban J connectivity index is 2.62. The molecular formula is C14H10BrClN2O6. The number of rotatable bonds is 2. The number of nitro groups is 1. The lowest BCUT2D eigenvalue weighted by atomic mass is 10.1. The Bertz CT molecular complexity index is 970. The maximum Gasteiger partial charge on any atom is 0.343 e. The summed E-state index contributed by atoms with van der Waals surface area (Å²) in [6.07, 6.45) is 0. The zero-order valence-corrected chi connectivity index (χ0v) is 14.8. The third kappa shape index (κ3) is 2.19. The highest BCUT2D eigenvalue weighted by molar-refractivity contribution is 9.10. The summed E-state index contributed by atoms with van der Waals surface area (Å²) in [4.78, 5) is 35.4. The summed E-state index contributed by atoms with van der Waals surface area (Å²) in [6, 6.07) is 0.700. The van der Waals surface area contributed by atoms with Crippen molar-refractivity contribution in [2.45, 2.75) is 13.0 Å². The second-order valence-electron chi connectivity index (χ2n) is 5.21. The molecular weight excluding hydrogens is 408 g/mol. The van der Waals surface area contributed by atoms with E-state index in [4.69, 9.17) is 16.3 Å². The predicted molar refractivity (Wildman–Crippen MR) is 89.1 cm³/mol. The first-order chi connectivity index (χ1) is 11.3. The van der Waals surface area contributed by atoms with Crippen molar-refractivity contribution >= 4 is 50.1 Å². The van der Waals surface area contributed by atoms with E-state index < -0.39 is 28.2 Å². The molecule has 0 unspecified atom stereocenters. The van der Waals surface area contributed by atoms with Crippen molar-refractivity contribution in [1.82, 2.24) is 4.57 Å². The number of halogens is 2. The second kappa shape index (κ2) is 5.75. The lowest BCUT2D eigenvalue weighted by Gasteiger charge is -2.27. The van der Waals surface area contributed by atoms with Crippen molar-refractivity contribution in [3.8, 4) is 5.75 Å². The SMILES string of the molecule is COC(=O)c1cc2c([N+](=O)[O-])c(Cl)c(Br)c3c2n(c1=O)[C@@H](C)CO3. The number of nitrogens with zero attached hydrogens (tertiary/aromatic N) is 2. The van der Waals surface area contributed by atoms with Crippen LogP contribution in [0.4, 0.5) is 5.69 Å². The average molecular weight is 418 g/mol. The molecule has 126 valence electrons. The third-order valence-electron chi connectivity index (χ3n) is 3.80. The first kappa shape index (κ1) is 16.7. The maximum atomic E-state index is 12.7. The smallest absolute Gasteiger partial charge is 0.343 e. The van der Waals surface area contributed by atoms with Crippen LogP contribution in [0.3, 0.4) is 0 Å². The number of carbonyl (C=O) groups is 1. The molecule has 0 spiro atoms. The van der Waals surface area contributed by atoms with Gasteiger partial charge in [0, 0.05) is 0 Å². The zero-order chi connectivity index (χ0) is 17.8. The summed E-state index contributed by atoms with van der Waals surface area (Å²) in [5, 5.41) is 11.4. The monoisotopic (exact) mass is 416 g/mol. The summed E-state index contributed by atoms with van der Waals surface area (Å²) in [6.45, 7) is 1.86. The highest BCUT2D eigenvalue weighted by atomic mass is 79.9. The van der Waals surface area contributed by atoms with Crippen molar-refractivity contribution in [2.75, 3.05) is 13.7 Å². The van der Waals surface area contributed by atoms with Crippen molar-refractivity contribution in [2.24, 2.45) is 0 Å². The van der Waals surface area contributed by atoms with E-state index in [0.717, 1.165) is 13.2 Å². The molecule has 0 bridgehead atoms. The minimum absolute atomic E-state index is 0.0368. The number of hydrogen-bond donors (Lipinski definition) is 0. The van der Waals surface area contributed by atoms with E-state index >= 15 is 0 Å². The summed E-state index contributed by atoms with van der Waals surface area (Å²) in [7, 11) is 1.13. The molecule has 8 nitrogen and oxygen atoms in total. The quantitative estimate of drug-likeness (QED) is 0.423. The Hall–Kier alpha value is -2.13.